The van der Waals surface area contributed by atoms with Crippen LogP contribution in [0.1, 0.15) is 19.6 Å². The molecule has 0 radical (unpaired) electrons. The third-order valence-electron chi connectivity index (χ3n) is 2.73. The van der Waals surface area contributed by atoms with Crippen molar-refractivity contribution in [2.75, 3.05) is 5.32 Å². The van der Waals surface area contributed by atoms with E-state index in [-0.39, 0.29) is 35.2 Å². The number of hydrogen-bond donors (Lipinski definition) is 2. The van der Waals surface area contributed by atoms with Gasteiger partial charge in [0.25, 0.3) is 10.0 Å². The monoisotopic (exact) mass is 382 g/mol. The first-order valence-corrected chi connectivity index (χ1v) is 9.26. The summed E-state index contributed by atoms with van der Waals surface area (Å²) in [4.78, 5) is 12.8. The first kappa shape index (κ1) is 20.5. The number of rotatable bonds is 5. The number of sulfonamides is 1. The van der Waals surface area contributed by atoms with Gasteiger partial charge in [-0.3, -0.25) is 0 Å². The number of urea groups is 1. The number of carbonyl (C=O) groups excluding carboxylic acids is 1. The number of benzene rings is 1. The van der Waals surface area contributed by atoms with Crippen molar-refractivity contribution in [2.45, 2.75) is 24.0 Å². The van der Waals surface area contributed by atoms with Gasteiger partial charge in [-0.1, -0.05) is 24.9 Å². The maximum Gasteiger partial charge on any atom is 1.00 e. The van der Waals surface area contributed by atoms with Crippen molar-refractivity contribution in [3.63, 3.8) is 0 Å². The third kappa shape index (κ3) is 6.10. The zero-order valence-electron chi connectivity index (χ0n) is 13.8. The molecule has 2 N–H and O–H groups in total. The Bertz CT molecular complexity index is 767. The van der Waals surface area contributed by atoms with Gasteiger partial charge >= 0.3 is 35.6 Å². The van der Waals surface area contributed by atoms with Crippen LogP contribution >= 0.6 is 22.9 Å². The number of nitrogens with one attached hydrogen (secondary N) is 2. The van der Waals surface area contributed by atoms with Crippen LogP contribution in [0.3, 0.4) is 0 Å². The van der Waals surface area contributed by atoms with E-state index in [1.165, 1.54) is 17.4 Å². The number of thiophene rings is 1. The Balaban J connectivity index is 0.00000264. The summed E-state index contributed by atoms with van der Waals surface area (Å²) < 4.78 is 26.4. The van der Waals surface area contributed by atoms with Gasteiger partial charge < -0.3 is 6.74 Å². The second-order valence-corrected chi connectivity index (χ2v) is 8.05. The second-order valence-electron chi connectivity index (χ2n) is 4.54. The number of amides is 2. The van der Waals surface area contributed by atoms with Crippen molar-refractivity contribution in [2.24, 2.45) is 0 Å². The molecule has 1 aromatic heterocycles. The molecule has 0 saturated heterocycles. The van der Waals surface area contributed by atoms with Gasteiger partial charge in [-0.2, -0.15) is 0 Å². The Kier molecular flexibility index (Phi) is 8.06. The summed E-state index contributed by atoms with van der Waals surface area (Å²) >= 11 is 6.91. The topological polar surface area (TPSA) is 75.3 Å². The van der Waals surface area contributed by atoms with Crippen LogP contribution in [0.15, 0.2) is 40.6 Å². The Morgan fingerprint density at radius 2 is 1.87 bits per heavy atom. The first-order valence-electron chi connectivity index (χ1n) is 6.59. The van der Waals surface area contributed by atoms with Crippen LogP contribution in [0, 0.1) is 0 Å². The van der Waals surface area contributed by atoms with Crippen molar-refractivity contribution in [1.29, 1.82) is 0 Å². The normalized spacial score (nSPS) is 10.7. The van der Waals surface area contributed by atoms with Crippen LogP contribution in [0.2, 0.25) is 5.02 Å². The molecule has 0 unspecified atom stereocenters. The summed E-state index contributed by atoms with van der Waals surface area (Å²) in [5.74, 6) is 0. The van der Waals surface area contributed by atoms with E-state index in [9.17, 15) is 13.2 Å². The van der Waals surface area contributed by atoms with Crippen LogP contribution in [-0.4, -0.2) is 14.4 Å². The van der Waals surface area contributed by atoms with E-state index in [0.29, 0.717) is 10.7 Å². The van der Waals surface area contributed by atoms with Crippen molar-refractivity contribution in [3.8, 4) is 0 Å². The van der Waals surface area contributed by atoms with E-state index < -0.39 is 16.1 Å². The van der Waals surface area contributed by atoms with Crippen LogP contribution < -0.4 is 39.6 Å². The van der Waals surface area contributed by atoms with E-state index in [0.717, 1.165) is 17.7 Å². The van der Waals surface area contributed by atoms with Crippen LogP contribution in [-0.2, 0) is 16.4 Å². The molecule has 120 valence electrons. The first-order chi connectivity index (χ1) is 10.4. The molecule has 2 amide bonds. The van der Waals surface area contributed by atoms with Crippen molar-refractivity contribution < 1.29 is 44.2 Å². The van der Waals surface area contributed by atoms with Gasteiger partial charge in [-0.15, -0.1) is 11.3 Å². The van der Waals surface area contributed by atoms with Gasteiger partial charge in [0.05, 0.1) is 0 Å². The van der Waals surface area contributed by atoms with Gasteiger partial charge in [0.2, 0.25) is 0 Å². The summed E-state index contributed by atoms with van der Waals surface area (Å²) in [5, 5.41) is 2.97. The maximum atomic E-state index is 12.1. The van der Waals surface area contributed by atoms with Crippen molar-refractivity contribution in [1.82, 2.24) is 4.72 Å². The molecule has 5 nitrogen and oxygen atoms in total. The van der Waals surface area contributed by atoms with Crippen molar-refractivity contribution >= 4 is 44.7 Å². The molecule has 0 aliphatic heterocycles. The Hall–Kier alpha value is -0.570. The summed E-state index contributed by atoms with van der Waals surface area (Å²) in [6.07, 6.45) is 1.75. The smallest absolute Gasteiger partial charge is 1.00 e. The second kappa shape index (κ2) is 9.05. The maximum absolute atomic E-state index is 12.1. The fraction of sp³-hybridized carbons (Fsp3) is 0.214. The molecule has 0 aliphatic carbocycles. The SMILES string of the molecule is CCCc1ccc(S(=O)(=O)NC(=O)Nc2ccc(Cl)cc2)s1.[H-].[Na+]. The molecular weight excluding hydrogens is 367 g/mol. The predicted octanol–water partition coefficient (Wildman–Crippen LogP) is 0.981. The summed E-state index contributed by atoms with van der Waals surface area (Å²) in [6, 6.07) is 8.82. The summed E-state index contributed by atoms with van der Waals surface area (Å²) in [7, 11) is -3.85. The third-order valence-corrected chi connectivity index (χ3v) is 5.95. The number of aryl methyl sites for hydroxylation is 1. The fourth-order valence-electron chi connectivity index (χ4n) is 1.75. The van der Waals surface area contributed by atoms with Crippen LogP contribution in [0.4, 0.5) is 10.5 Å². The molecule has 0 fully saturated rings. The van der Waals surface area contributed by atoms with Crippen molar-refractivity contribution in [3.05, 3.63) is 46.3 Å². The van der Waals surface area contributed by atoms with E-state index in [2.05, 4.69) is 5.32 Å². The number of anilines is 1. The molecular formula is C14H16ClN2NaO3S2. The minimum absolute atomic E-state index is 0. The average Bonchev–Trinajstić information content (AvgIpc) is 2.91. The minimum atomic E-state index is -3.85. The largest absolute Gasteiger partial charge is 1.00 e. The minimum Gasteiger partial charge on any atom is -1.00 e. The van der Waals surface area contributed by atoms with Gasteiger partial charge in [-0.25, -0.2) is 17.9 Å². The number of hydrogen-bond acceptors (Lipinski definition) is 4. The molecule has 9 heteroatoms. The van der Waals surface area contributed by atoms with E-state index in [1.807, 2.05) is 11.6 Å². The zero-order valence-corrected chi connectivity index (χ0v) is 17.2. The molecule has 0 spiro atoms. The summed E-state index contributed by atoms with van der Waals surface area (Å²) in [5.41, 5.74) is 0.454. The van der Waals surface area contributed by atoms with Gasteiger partial charge in [0.1, 0.15) is 4.21 Å². The molecule has 2 aromatic rings. The standard InChI is InChI=1S/C14H15ClN2O3S2.Na.H/c1-2-3-12-8-9-13(21-12)22(19,20)17-14(18)16-11-6-4-10(15)5-7-11;;/h4-9H,2-3H2,1H3,(H2,16,17,18);;/q;+1;-1. The molecule has 0 saturated carbocycles. The average molecular weight is 383 g/mol. The molecule has 2 rings (SSSR count). The van der Waals surface area contributed by atoms with E-state index >= 15 is 0 Å². The molecule has 23 heavy (non-hydrogen) atoms. The number of carbonyl (C=O) groups is 1. The molecule has 0 atom stereocenters. The van der Waals surface area contributed by atoms with Gasteiger partial charge in [0.15, 0.2) is 0 Å². The Morgan fingerprint density at radius 1 is 1.22 bits per heavy atom. The Labute approximate surface area is 168 Å². The van der Waals surface area contributed by atoms with E-state index in [4.69, 9.17) is 11.6 Å². The van der Waals surface area contributed by atoms with Gasteiger partial charge in [0, 0.05) is 15.6 Å². The van der Waals surface area contributed by atoms with E-state index in [1.54, 1.807) is 30.3 Å². The van der Waals surface area contributed by atoms with Crippen LogP contribution in [0.5, 0.6) is 0 Å². The summed E-state index contributed by atoms with van der Waals surface area (Å²) in [6.45, 7) is 2.02. The van der Waals surface area contributed by atoms with Gasteiger partial charge in [-0.05, 0) is 42.8 Å². The van der Waals surface area contributed by atoms with Crippen LogP contribution in [0.25, 0.3) is 0 Å². The molecule has 1 heterocycles. The predicted molar refractivity (Wildman–Crippen MR) is 90.2 cm³/mol. The number of halogens is 1. The quantitative estimate of drug-likeness (QED) is 0.757. The zero-order chi connectivity index (χ0) is 16.2. The fourth-order valence-corrected chi connectivity index (χ4v) is 4.24. The molecule has 0 bridgehead atoms. The Morgan fingerprint density at radius 3 is 2.48 bits per heavy atom. The molecule has 1 aromatic carbocycles. The molecule has 0 aliphatic rings.